The number of rotatable bonds is 4. The summed E-state index contributed by atoms with van der Waals surface area (Å²) in [5.74, 6) is 1.05. The number of hydrogen-bond acceptors (Lipinski definition) is 5. The second-order valence-corrected chi connectivity index (χ2v) is 5.79. The lowest BCUT2D eigenvalue weighted by atomic mass is 10.1. The highest BCUT2D eigenvalue weighted by Crippen LogP contribution is 2.38. The Balaban J connectivity index is 1.68. The van der Waals surface area contributed by atoms with Crippen molar-refractivity contribution in [2.75, 3.05) is 0 Å². The van der Waals surface area contributed by atoms with E-state index in [0.29, 0.717) is 5.13 Å². The van der Waals surface area contributed by atoms with Crippen molar-refractivity contribution in [2.24, 2.45) is 4.99 Å². The lowest BCUT2D eigenvalue weighted by Crippen LogP contribution is -2.02. The van der Waals surface area contributed by atoms with Gasteiger partial charge in [-0.05, 0) is 31.2 Å². The first-order valence-electron chi connectivity index (χ1n) is 7.07. The Labute approximate surface area is 138 Å². The molecule has 2 aromatic heterocycles. The molecule has 1 aliphatic rings. The number of benzene rings is 1. The second-order valence-electron chi connectivity index (χ2n) is 4.83. The highest BCUT2D eigenvalue weighted by Gasteiger charge is 2.26. The summed E-state index contributed by atoms with van der Waals surface area (Å²) in [4.78, 5) is 13.2. The Hall–Kier alpha value is -2.34. The summed E-state index contributed by atoms with van der Waals surface area (Å²) in [5.41, 5.74) is 1.91. The number of aromatic nitrogens is 4. The van der Waals surface area contributed by atoms with Crippen LogP contribution in [-0.4, -0.2) is 26.0 Å². The van der Waals surface area contributed by atoms with Crippen molar-refractivity contribution in [1.29, 1.82) is 0 Å². The topological polar surface area (TPSA) is 56.0 Å². The fourth-order valence-corrected chi connectivity index (χ4v) is 3.08. The summed E-state index contributed by atoms with van der Waals surface area (Å²) in [5, 5.41) is 5.81. The number of thiazole rings is 1. The maximum atomic E-state index is 4.66. The first-order chi connectivity index (χ1) is 11.4. The molecule has 4 rings (SSSR count). The first kappa shape index (κ1) is 14.3. The van der Waals surface area contributed by atoms with Crippen LogP contribution in [0.4, 0.5) is 5.13 Å². The smallest absolute Gasteiger partial charge is 0.211 e. The molecule has 111 valence electrons. The molecule has 2 heterocycles. The second kappa shape index (κ2) is 6.42. The summed E-state index contributed by atoms with van der Waals surface area (Å²) in [6.45, 7) is 0. The highest BCUT2D eigenvalue weighted by molar-refractivity contribution is 7.18. The zero-order chi connectivity index (χ0) is 15.5. The van der Waals surface area contributed by atoms with E-state index in [1.54, 1.807) is 11.0 Å². The van der Waals surface area contributed by atoms with E-state index in [0.717, 1.165) is 22.2 Å². The van der Waals surface area contributed by atoms with E-state index in [1.807, 2.05) is 62.2 Å². The average Bonchev–Trinajstić information content (AvgIpc) is 3.33. The third-order valence-corrected chi connectivity index (χ3v) is 4.24. The van der Waals surface area contributed by atoms with Gasteiger partial charge >= 0.3 is 0 Å². The molecule has 0 aliphatic heterocycles. The van der Waals surface area contributed by atoms with Crippen LogP contribution in [0.25, 0.3) is 5.00 Å². The Morgan fingerprint density at radius 2 is 1.91 bits per heavy atom. The molecule has 1 aliphatic carbocycles. The predicted octanol–water partition coefficient (Wildman–Crippen LogP) is 3.23. The van der Waals surface area contributed by atoms with Gasteiger partial charge in [-0.1, -0.05) is 41.7 Å². The summed E-state index contributed by atoms with van der Waals surface area (Å²) in [6.07, 6.45) is 13.0. The molecule has 5 nitrogen and oxygen atoms in total. The van der Waals surface area contributed by atoms with Crippen LogP contribution in [0.2, 0.25) is 0 Å². The molecule has 1 saturated carbocycles. The van der Waals surface area contributed by atoms with Gasteiger partial charge in [-0.25, -0.2) is 19.6 Å². The van der Waals surface area contributed by atoms with Gasteiger partial charge in [0, 0.05) is 12.1 Å². The maximum Gasteiger partial charge on any atom is 0.211 e. The van der Waals surface area contributed by atoms with Crippen LogP contribution in [0.15, 0.2) is 48.0 Å². The van der Waals surface area contributed by atoms with Crippen LogP contribution < -0.4 is 0 Å². The van der Waals surface area contributed by atoms with Crippen molar-refractivity contribution < 1.29 is 0 Å². The Bertz CT molecular complexity index is 786. The van der Waals surface area contributed by atoms with Gasteiger partial charge in [-0.2, -0.15) is 5.10 Å². The van der Waals surface area contributed by atoms with E-state index in [9.17, 15) is 0 Å². The zero-order valence-corrected chi connectivity index (χ0v) is 12.9. The monoisotopic (exact) mass is 318 g/mol. The van der Waals surface area contributed by atoms with E-state index in [1.165, 1.54) is 17.7 Å². The summed E-state index contributed by atoms with van der Waals surface area (Å²) >= 11 is 1.49. The lowest BCUT2D eigenvalue weighted by molar-refractivity contribution is 0.881. The Kier molecular flexibility index (Phi) is 3.98. The Morgan fingerprint density at radius 1 is 1.09 bits per heavy atom. The van der Waals surface area contributed by atoms with E-state index in [-0.39, 0.29) is 0 Å². The van der Waals surface area contributed by atoms with Gasteiger partial charge < -0.3 is 0 Å². The molecule has 23 heavy (non-hydrogen) atoms. The van der Waals surface area contributed by atoms with E-state index in [4.69, 9.17) is 0 Å². The lowest BCUT2D eigenvalue weighted by Gasteiger charge is -2.06. The molecule has 1 aromatic carbocycles. The highest BCUT2D eigenvalue weighted by atomic mass is 32.1. The van der Waals surface area contributed by atoms with Crippen molar-refractivity contribution in [3.63, 3.8) is 0 Å². The average molecular weight is 318 g/mol. The predicted molar refractivity (Wildman–Crippen MR) is 90.3 cm³/mol. The van der Waals surface area contributed by atoms with Gasteiger partial charge in [-0.15, -0.1) is 0 Å². The summed E-state index contributed by atoms with van der Waals surface area (Å²) < 4.78 is 1.72. The quantitative estimate of drug-likeness (QED) is 0.694. The molecule has 1 fully saturated rings. The molecule has 0 bridgehead atoms. The van der Waals surface area contributed by atoms with E-state index < -0.39 is 0 Å². The molecule has 0 unspecified atom stereocenters. The van der Waals surface area contributed by atoms with Gasteiger partial charge in [-0.3, -0.25) is 0 Å². The minimum atomic E-state index is 0.690. The van der Waals surface area contributed by atoms with Crippen LogP contribution in [0.1, 0.15) is 11.3 Å². The molecule has 0 saturated heterocycles. The van der Waals surface area contributed by atoms with Gasteiger partial charge in [0.15, 0.2) is 0 Å². The van der Waals surface area contributed by atoms with Crippen LogP contribution in [0.5, 0.6) is 0 Å². The number of aliphatic imine (C=N–C) groups is 1. The normalized spacial score (nSPS) is 15.7. The van der Waals surface area contributed by atoms with Crippen LogP contribution in [0, 0.1) is 31.6 Å². The van der Waals surface area contributed by atoms with Crippen LogP contribution in [0.3, 0.4) is 0 Å². The zero-order valence-electron chi connectivity index (χ0n) is 12.1. The largest absolute Gasteiger partial charge is 0.227 e. The van der Waals surface area contributed by atoms with Crippen molar-refractivity contribution in [3.8, 4) is 5.00 Å². The van der Waals surface area contributed by atoms with Crippen molar-refractivity contribution in [2.45, 2.75) is 0 Å². The molecule has 0 spiro atoms. The van der Waals surface area contributed by atoms with E-state index >= 15 is 0 Å². The maximum absolute atomic E-state index is 4.66. The molecule has 6 heteroatoms. The standard InChI is InChI=1S/C17H12N5S/c1-2-6-13(7-3-1)10-19-17-21-15(14-8-4-5-9-14)16(23-17)22-12-18-11-20-22/h1-12H/b19-10+. The van der Waals surface area contributed by atoms with Crippen LogP contribution >= 0.6 is 11.3 Å². The van der Waals surface area contributed by atoms with Crippen molar-refractivity contribution in [1.82, 2.24) is 19.7 Å². The SMILES string of the molecule is [CH]1[CH][CH][C](c2nc(/N=C/c3ccccc3)sc2-n2cncn2)[CH]1. The number of hydrogen-bond donors (Lipinski definition) is 0. The minimum Gasteiger partial charge on any atom is -0.227 e. The summed E-state index contributed by atoms with van der Waals surface area (Å²) in [6, 6.07) is 9.97. The molecule has 0 atom stereocenters. The van der Waals surface area contributed by atoms with Crippen LogP contribution in [-0.2, 0) is 0 Å². The molecule has 0 amide bonds. The van der Waals surface area contributed by atoms with Crippen molar-refractivity contribution in [3.05, 3.63) is 85.8 Å². The molecular weight excluding hydrogens is 306 g/mol. The molecule has 0 N–H and O–H groups in total. The third-order valence-electron chi connectivity index (χ3n) is 3.28. The number of nitrogens with zero attached hydrogens (tertiary/aromatic N) is 5. The van der Waals surface area contributed by atoms with Gasteiger partial charge in [0.2, 0.25) is 5.13 Å². The first-order valence-corrected chi connectivity index (χ1v) is 7.89. The van der Waals surface area contributed by atoms with E-state index in [2.05, 4.69) is 20.1 Å². The fourth-order valence-electron chi connectivity index (χ4n) is 2.21. The molecule has 5 radical (unpaired) electrons. The molecular formula is C17H12N5S. The Morgan fingerprint density at radius 3 is 2.65 bits per heavy atom. The van der Waals surface area contributed by atoms with Gasteiger partial charge in [0.25, 0.3) is 0 Å². The van der Waals surface area contributed by atoms with Crippen molar-refractivity contribution >= 4 is 22.7 Å². The minimum absolute atomic E-state index is 0.690. The fraction of sp³-hybridized carbons (Fsp3) is 0. The van der Waals surface area contributed by atoms with Gasteiger partial charge in [0.1, 0.15) is 17.7 Å². The van der Waals surface area contributed by atoms with Gasteiger partial charge in [0.05, 0.1) is 5.69 Å². The molecule has 3 aromatic rings. The third kappa shape index (κ3) is 3.07. The summed E-state index contributed by atoms with van der Waals surface area (Å²) in [7, 11) is 0.